The molecule has 0 atom stereocenters. The van der Waals surface area contributed by atoms with E-state index in [1.165, 1.54) is 18.9 Å². The van der Waals surface area contributed by atoms with Crippen molar-refractivity contribution >= 4 is 26.2 Å². The minimum absolute atomic E-state index is 0.185. The second-order valence-corrected chi connectivity index (χ2v) is 17.3. The molecule has 0 radical (unpaired) electrons. The molecule has 0 aromatic carbocycles. The van der Waals surface area contributed by atoms with E-state index in [1.807, 2.05) is 0 Å². The first-order chi connectivity index (χ1) is 7.14. The van der Waals surface area contributed by atoms with Gasteiger partial charge >= 0.3 is 0 Å². The van der Waals surface area contributed by atoms with E-state index in [4.69, 9.17) is 8.85 Å². The van der Waals surface area contributed by atoms with Crippen LogP contribution < -0.4 is 0 Å². The lowest BCUT2D eigenvalue weighted by atomic mass is 10.4. The molecule has 0 aromatic rings. The standard InChI is InChI=1S/C11H30O2Si3/c1-8-9-10-14-11(12-15(2,3)4)13-16(5,6)7/h11H,8-10,14H2,1-7H3. The van der Waals surface area contributed by atoms with Crippen molar-refractivity contribution in [2.75, 3.05) is 0 Å². The average Bonchev–Trinajstić information content (AvgIpc) is 1.97. The first kappa shape index (κ1) is 16.6. The third-order valence-electron chi connectivity index (χ3n) is 2.01. The van der Waals surface area contributed by atoms with Crippen molar-refractivity contribution in [3.05, 3.63) is 0 Å². The fourth-order valence-corrected chi connectivity index (χ4v) is 8.33. The second-order valence-electron chi connectivity index (χ2n) is 6.39. The summed E-state index contributed by atoms with van der Waals surface area (Å²) in [4.78, 5) is 0. The van der Waals surface area contributed by atoms with Crippen LogP contribution in [0, 0.1) is 0 Å². The molecule has 0 spiro atoms. The molecule has 0 amide bonds. The third kappa shape index (κ3) is 11.1. The predicted molar refractivity (Wildman–Crippen MR) is 80.9 cm³/mol. The van der Waals surface area contributed by atoms with Gasteiger partial charge in [-0.3, -0.25) is 0 Å². The van der Waals surface area contributed by atoms with Gasteiger partial charge in [0.05, 0.1) is 9.52 Å². The zero-order valence-corrected chi connectivity index (χ0v) is 15.6. The van der Waals surface area contributed by atoms with Gasteiger partial charge in [-0.2, -0.15) is 0 Å². The van der Waals surface area contributed by atoms with Crippen LogP contribution in [-0.4, -0.2) is 32.1 Å². The topological polar surface area (TPSA) is 18.5 Å². The molecule has 16 heavy (non-hydrogen) atoms. The lowest BCUT2D eigenvalue weighted by Gasteiger charge is -2.31. The van der Waals surface area contributed by atoms with E-state index in [2.05, 4.69) is 46.2 Å². The molecular weight excluding hydrogens is 248 g/mol. The summed E-state index contributed by atoms with van der Waals surface area (Å²) in [5, 5.41) is 0. The van der Waals surface area contributed by atoms with Gasteiger partial charge in [0.25, 0.3) is 0 Å². The Bertz CT molecular complexity index is 169. The van der Waals surface area contributed by atoms with E-state index in [1.54, 1.807) is 0 Å². The molecule has 0 aliphatic rings. The van der Waals surface area contributed by atoms with Crippen molar-refractivity contribution in [1.82, 2.24) is 0 Å². The van der Waals surface area contributed by atoms with Gasteiger partial charge in [-0.1, -0.05) is 25.8 Å². The summed E-state index contributed by atoms with van der Waals surface area (Å²) in [7, 11) is -3.12. The van der Waals surface area contributed by atoms with E-state index in [-0.39, 0.29) is 15.4 Å². The van der Waals surface area contributed by atoms with Crippen molar-refractivity contribution in [1.29, 1.82) is 0 Å². The quantitative estimate of drug-likeness (QED) is 0.385. The summed E-state index contributed by atoms with van der Waals surface area (Å²) in [5.41, 5.74) is 0. The van der Waals surface area contributed by atoms with Crippen LogP contribution in [0.1, 0.15) is 19.8 Å². The molecule has 2 nitrogen and oxygen atoms in total. The largest absolute Gasteiger partial charge is 0.398 e. The van der Waals surface area contributed by atoms with E-state index in [0.29, 0.717) is 0 Å². The molecule has 0 aliphatic carbocycles. The van der Waals surface area contributed by atoms with Crippen LogP contribution in [-0.2, 0) is 8.85 Å². The highest BCUT2D eigenvalue weighted by atomic mass is 28.4. The Kier molecular flexibility index (Phi) is 7.36. The van der Waals surface area contributed by atoms with Crippen LogP contribution in [0.3, 0.4) is 0 Å². The predicted octanol–water partition coefficient (Wildman–Crippen LogP) is 3.36. The SMILES string of the molecule is CCCC[SiH2]C(O[Si](C)(C)C)O[Si](C)(C)C. The Hall–Kier alpha value is 0.571. The molecule has 0 N–H and O–H groups in total. The summed E-state index contributed by atoms with van der Waals surface area (Å²) >= 11 is 0. The Morgan fingerprint density at radius 3 is 1.69 bits per heavy atom. The Labute approximate surface area is 106 Å². The van der Waals surface area contributed by atoms with Gasteiger partial charge in [-0.05, 0) is 39.3 Å². The van der Waals surface area contributed by atoms with Crippen LogP contribution in [0.25, 0.3) is 0 Å². The van der Waals surface area contributed by atoms with E-state index in [9.17, 15) is 0 Å². The molecular formula is C11H30O2Si3. The zero-order chi connectivity index (χ0) is 12.8. The molecule has 5 heteroatoms. The fraction of sp³-hybridized carbons (Fsp3) is 1.00. The molecule has 0 bridgehead atoms. The van der Waals surface area contributed by atoms with Crippen molar-refractivity contribution in [2.45, 2.75) is 71.0 Å². The fourth-order valence-electron chi connectivity index (χ4n) is 1.49. The van der Waals surface area contributed by atoms with Crippen LogP contribution in [0.5, 0.6) is 0 Å². The van der Waals surface area contributed by atoms with Gasteiger partial charge in [0.15, 0.2) is 16.6 Å². The van der Waals surface area contributed by atoms with Crippen molar-refractivity contribution < 1.29 is 8.85 Å². The Balaban J connectivity index is 4.17. The van der Waals surface area contributed by atoms with Gasteiger partial charge in [0.1, 0.15) is 5.91 Å². The van der Waals surface area contributed by atoms with Crippen molar-refractivity contribution in [3.63, 3.8) is 0 Å². The summed E-state index contributed by atoms with van der Waals surface area (Å²) in [6.45, 7) is 15.8. The number of rotatable bonds is 8. The molecule has 0 fully saturated rings. The van der Waals surface area contributed by atoms with E-state index < -0.39 is 16.6 Å². The summed E-state index contributed by atoms with van der Waals surface area (Å²) in [5.74, 6) is 0.185. The van der Waals surface area contributed by atoms with Crippen LogP contribution >= 0.6 is 0 Å². The van der Waals surface area contributed by atoms with Crippen LogP contribution in [0.2, 0.25) is 45.3 Å². The number of hydrogen-bond donors (Lipinski definition) is 0. The highest BCUT2D eigenvalue weighted by Crippen LogP contribution is 2.14. The third-order valence-corrected chi connectivity index (χ3v) is 6.33. The van der Waals surface area contributed by atoms with Crippen LogP contribution in [0.4, 0.5) is 0 Å². The van der Waals surface area contributed by atoms with Gasteiger partial charge in [-0.25, -0.2) is 0 Å². The number of unbranched alkanes of at least 4 members (excludes halogenated alkanes) is 1. The van der Waals surface area contributed by atoms with E-state index >= 15 is 0 Å². The smallest absolute Gasteiger partial charge is 0.186 e. The monoisotopic (exact) mass is 278 g/mol. The highest BCUT2D eigenvalue weighted by Gasteiger charge is 2.26. The van der Waals surface area contributed by atoms with Crippen molar-refractivity contribution in [3.8, 4) is 0 Å². The second kappa shape index (κ2) is 7.10. The lowest BCUT2D eigenvalue weighted by molar-refractivity contribution is 0.0605. The number of hydrogen-bond acceptors (Lipinski definition) is 2. The summed E-state index contributed by atoms with van der Waals surface area (Å²) in [6.07, 6.45) is 2.63. The van der Waals surface area contributed by atoms with Crippen molar-refractivity contribution in [2.24, 2.45) is 0 Å². The minimum Gasteiger partial charge on any atom is -0.398 e. The highest BCUT2D eigenvalue weighted by molar-refractivity contribution is 6.71. The average molecular weight is 279 g/mol. The van der Waals surface area contributed by atoms with Gasteiger partial charge in [0.2, 0.25) is 0 Å². The van der Waals surface area contributed by atoms with Gasteiger partial charge < -0.3 is 8.85 Å². The molecule has 0 saturated carbocycles. The van der Waals surface area contributed by atoms with Crippen LogP contribution in [0.15, 0.2) is 0 Å². The molecule has 0 heterocycles. The normalized spacial score (nSPS) is 14.2. The molecule has 0 saturated heterocycles. The summed E-state index contributed by atoms with van der Waals surface area (Å²) in [6, 6.07) is 1.36. The zero-order valence-electron chi connectivity index (χ0n) is 12.2. The Morgan fingerprint density at radius 1 is 0.938 bits per heavy atom. The van der Waals surface area contributed by atoms with Gasteiger partial charge in [-0.15, -0.1) is 0 Å². The maximum atomic E-state index is 6.17. The first-order valence-electron chi connectivity index (χ1n) is 6.50. The lowest BCUT2D eigenvalue weighted by Crippen LogP contribution is -2.42. The molecule has 0 unspecified atom stereocenters. The maximum Gasteiger partial charge on any atom is 0.186 e. The van der Waals surface area contributed by atoms with Gasteiger partial charge in [0, 0.05) is 0 Å². The molecule has 0 rings (SSSR count). The maximum absolute atomic E-state index is 6.17. The molecule has 0 aromatic heterocycles. The summed E-state index contributed by atoms with van der Waals surface area (Å²) < 4.78 is 12.3. The van der Waals surface area contributed by atoms with E-state index in [0.717, 1.165) is 0 Å². The molecule has 98 valence electrons. The minimum atomic E-state index is -1.45. The molecule has 0 aliphatic heterocycles. The first-order valence-corrected chi connectivity index (χ1v) is 15.1. The Morgan fingerprint density at radius 2 is 1.38 bits per heavy atom.